The molecule has 0 fully saturated rings. The van der Waals surface area contributed by atoms with Gasteiger partial charge in [-0.15, -0.1) is 0 Å². The summed E-state index contributed by atoms with van der Waals surface area (Å²) < 4.78 is 0. The van der Waals surface area contributed by atoms with Crippen LogP contribution in [0.15, 0.2) is 23.0 Å². The SMILES string of the molecule is Cc1cc(Cl)c(Cl)c2ccc(=O)[nH]c12. The zero-order valence-electron chi connectivity index (χ0n) is 7.40. The summed E-state index contributed by atoms with van der Waals surface area (Å²) in [6.45, 7) is 1.88. The van der Waals surface area contributed by atoms with Crippen LogP contribution in [0.4, 0.5) is 0 Å². The Hall–Kier alpha value is -0.990. The first kappa shape index (κ1) is 9.56. The van der Waals surface area contributed by atoms with Gasteiger partial charge in [0.15, 0.2) is 0 Å². The second kappa shape index (κ2) is 3.30. The van der Waals surface area contributed by atoms with Crippen molar-refractivity contribution in [3.63, 3.8) is 0 Å². The van der Waals surface area contributed by atoms with E-state index in [1.165, 1.54) is 6.07 Å². The molecule has 2 nitrogen and oxygen atoms in total. The van der Waals surface area contributed by atoms with E-state index in [1.54, 1.807) is 12.1 Å². The molecule has 0 aliphatic rings. The molecule has 0 atom stereocenters. The molecule has 1 heterocycles. The quantitative estimate of drug-likeness (QED) is 0.738. The first-order chi connectivity index (χ1) is 6.59. The largest absolute Gasteiger partial charge is 0.322 e. The summed E-state index contributed by atoms with van der Waals surface area (Å²) in [4.78, 5) is 13.8. The van der Waals surface area contributed by atoms with Crippen LogP contribution in [0.2, 0.25) is 10.0 Å². The molecular weight excluding hydrogens is 221 g/mol. The highest BCUT2D eigenvalue weighted by atomic mass is 35.5. The summed E-state index contributed by atoms with van der Waals surface area (Å²) in [6, 6.07) is 4.85. The molecule has 0 aliphatic heterocycles. The maximum absolute atomic E-state index is 11.1. The van der Waals surface area contributed by atoms with E-state index < -0.39 is 0 Å². The third-order valence-electron chi connectivity index (χ3n) is 2.10. The molecule has 1 N–H and O–H groups in total. The number of H-pyrrole nitrogens is 1. The molecule has 0 bridgehead atoms. The number of pyridine rings is 1. The van der Waals surface area contributed by atoms with Crippen molar-refractivity contribution in [1.82, 2.24) is 4.98 Å². The predicted molar refractivity (Wildman–Crippen MR) is 59.3 cm³/mol. The number of benzene rings is 1. The molecule has 0 amide bonds. The Morgan fingerprint density at radius 1 is 1.29 bits per heavy atom. The molecular formula is C10H7Cl2NO. The second-order valence-corrected chi connectivity index (χ2v) is 3.89. The van der Waals surface area contributed by atoms with Gasteiger partial charge in [0.25, 0.3) is 0 Å². The van der Waals surface area contributed by atoms with Crippen LogP contribution in [0.1, 0.15) is 5.56 Å². The highest BCUT2D eigenvalue weighted by molar-refractivity contribution is 6.45. The summed E-state index contributed by atoms with van der Waals surface area (Å²) in [5.41, 5.74) is 1.51. The number of rotatable bonds is 0. The van der Waals surface area contributed by atoms with Gasteiger partial charge < -0.3 is 4.98 Å². The lowest BCUT2D eigenvalue weighted by atomic mass is 10.1. The van der Waals surface area contributed by atoms with Crippen molar-refractivity contribution in [2.75, 3.05) is 0 Å². The fourth-order valence-corrected chi connectivity index (χ4v) is 1.90. The van der Waals surface area contributed by atoms with Crippen molar-refractivity contribution in [1.29, 1.82) is 0 Å². The molecule has 0 saturated heterocycles. The first-order valence-electron chi connectivity index (χ1n) is 4.07. The number of hydrogen-bond donors (Lipinski definition) is 1. The van der Waals surface area contributed by atoms with E-state index >= 15 is 0 Å². The Labute approximate surface area is 90.5 Å². The molecule has 0 saturated carbocycles. The molecule has 1 aromatic heterocycles. The minimum absolute atomic E-state index is 0.140. The van der Waals surface area contributed by atoms with Crippen LogP contribution in [0.3, 0.4) is 0 Å². The summed E-state index contributed by atoms with van der Waals surface area (Å²) in [7, 11) is 0. The first-order valence-corrected chi connectivity index (χ1v) is 4.83. The molecule has 2 rings (SSSR count). The number of fused-ring (bicyclic) bond motifs is 1. The van der Waals surface area contributed by atoms with Gasteiger partial charge >= 0.3 is 0 Å². The number of hydrogen-bond acceptors (Lipinski definition) is 1. The number of aryl methyl sites for hydroxylation is 1. The third kappa shape index (κ3) is 1.41. The van der Waals surface area contributed by atoms with Gasteiger partial charge in [-0.25, -0.2) is 0 Å². The Kier molecular flexibility index (Phi) is 2.25. The highest BCUT2D eigenvalue weighted by Gasteiger charge is 2.06. The average molecular weight is 228 g/mol. The molecule has 2 aromatic rings. The van der Waals surface area contributed by atoms with Gasteiger partial charge in [-0.1, -0.05) is 23.2 Å². The Bertz CT molecular complexity index is 560. The van der Waals surface area contributed by atoms with Gasteiger partial charge in [0.1, 0.15) is 0 Å². The molecule has 14 heavy (non-hydrogen) atoms. The van der Waals surface area contributed by atoms with Crippen molar-refractivity contribution in [2.24, 2.45) is 0 Å². The molecule has 0 radical (unpaired) electrons. The van der Waals surface area contributed by atoms with Crippen LogP contribution in [-0.2, 0) is 0 Å². The fraction of sp³-hybridized carbons (Fsp3) is 0.100. The lowest BCUT2D eigenvalue weighted by Gasteiger charge is -2.05. The molecule has 0 aliphatic carbocycles. The van der Waals surface area contributed by atoms with Crippen molar-refractivity contribution < 1.29 is 0 Å². The van der Waals surface area contributed by atoms with E-state index in [4.69, 9.17) is 23.2 Å². The molecule has 1 aromatic carbocycles. The Balaban J connectivity index is 3.02. The van der Waals surface area contributed by atoms with Crippen molar-refractivity contribution in [3.8, 4) is 0 Å². The molecule has 4 heteroatoms. The van der Waals surface area contributed by atoms with E-state index in [9.17, 15) is 4.79 Å². The zero-order chi connectivity index (χ0) is 10.3. The lowest BCUT2D eigenvalue weighted by molar-refractivity contribution is 1.28. The normalized spacial score (nSPS) is 10.8. The predicted octanol–water partition coefficient (Wildman–Crippen LogP) is 3.14. The van der Waals surface area contributed by atoms with E-state index in [0.717, 1.165) is 16.5 Å². The van der Waals surface area contributed by atoms with Crippen LogP contribution in [0, 0.1) is 6.92 Å². The average Bonchev–Trinajstić information content (AvgIpc) is 2.14. The topological polar surface area (TPSA) is 32.9 Å². The van der Waals surface area contributed by atoms with Gasteiger partial charge in [0.2, 0.25) is 5.56 Å². The number of nitrogens with one attached hydrogen (secondary N) is 1. The van der Waals surface area contributed by atoms with E-state index in [-0.39, 0.29) is 5.56 Å². The van der Waals surface area contributed by atoms with E-state index in [2.05, 4.69) is 4.98 Å². The monoisotopic (exact) mass is 227 g/mol. The second-order valence-electron chi connectivity index (χ2n) is 3.10. The minimum Gasteiger partial charge on any atom is -0.322 e. The van der Waals surface area contributed by atoms with Gasteiger partial charge in [-0.3, -0.25) is 4.79 Å². The standard InChI is InChI=1S/C10H7Cl2NO/c1-5-4-7(11)9(12)6-2-3-8(14)13-10(5)6/h2-4H,1H3,(H,13,14). The van der Waals surface area contributed by atoms with Crippen LogP contribution in [-0.4, -0.2) is 4.98 Å². The van der Waals surface area contributed by atoms with E-state index in [0.29, 0.717) is 10.0 Å². The Morgan fingerprint density at radius 2 is 2.00 bits per heavy atom. The number of aromatic nitrogens is 1. The zero-order valence-corrected chi connectivity index (χ0v) is 8.91. The van der Waals surface area contributed by atoms with Crippen molar-refractivity contribution >= 4 is 34.1 Å². The molecule has 0 unspecified atom stereocenters. The van der Waals surface area contributed by atoms with Crippen LogP contribution in [0.25, 0.3) is 10.9 Å². The fourth-order valence-electron chi connectivity index (χ4n) is 1.42. The molecule has 72 valence electrons. The van der Waals surface area contributed by atoms with Gasteiger partial charge in [-0.05, 0) is 24.6 Å². The minimum atomic E-state index is -0.140. The van der Waals surface area contributed by atoms with Crippen molar-refractivity contribution in [3.05, 3.63) is 44.2 Å². The van der Waals surface area contributed by atoms with Crippen LogP contribution < -0.4 is 5.56 Å². The maximum Gasteiger partial charge on any atom is 0.248 e. The number of aromatic amines is 1. The van der Waals surface area contributed by atoms with Crippen LogP contribution in [0.5, 0.6) is 0 Å². The molecule has 0 spiro atoms. The van der Waals surface area contributed by atoms with Gasteiger partial charge in [0.05, 0.1) is 15.6 Å². The summed E-state index contributed by atoms with van der Waals surface area (Å²) >= 11 is 11.9. The van der Waals surface area contributed by atoms with Crippen molar-refractivity contribution in [2.45, 2.75) is 6.92 Å². The van der Waals surface area contributed by atoms with Gasteiger partial charge in [-0.2, -0.15) is 0 Å². The Morgan fingerprint density at radius 3 is 2.71 bits per heavy atom. The maximum atomic E-state index is 11.1. The number of halogens is 2. The lowest BCUT2D eigenvalue weighted by Crippen LogP contribution is -2.03. The smallest absolute Gasteiger partial charge is 0.248 e. The van der Waals surface area contributed by atoms with Crippen LogP contribution >= 0.6 is 23.2 Å². The summed E-state index contributed by atoms with van der Waals surface area (Å²) in [6.07, 6.45) is 0. The summed E-state index contributed by atoms with van der Waals surface area (Å²) in [5.74, 6) is 0. The van der Waals surface area contributed by atoms with Gasteiger partial charge in [0, 0.05) is 11.5 Å². The summed E-state index contributed by atoms with van der Waals surface area (Å²) in [5, 5.41) is 1.75. The third-order valence-corrected chi connectivity index (χ3v) is 2.90. The van der Waals surface area contributed by atoms with E-state index in [1.807, 2.05) is 6.92 Å². The highest BCUT2D eigenvalue weighted by Crippen LogP contribution is 2.31.